The van der Waals surface area contributed by atoms with Crippen LogP contribution < -0.4 is 10.6 Å². The van der Waals surface area contributed by atoms with Gasteiger partial charge in [-0.2, -0.15) is 0 Å². The summed E-state index contributed by atoms with van der Waals surface area (Å²) in [5.41, 5.74) is 0.348. The minimum atomic E-state index is -0.873. The molecule has 1 heterocycles. The Morgan fingerprint density at radius 3 is 2.69 bits per heavy atom. The highest BCUT2D eigenvalue weighted by Gasteiger charge is 2.36. The largest absolute Gasteiger partial charge is 0.325 e. The van der Waals surface area contributed by atoms with Crippen molar-refractivity contribution in [1.29, 1.82) is 0 Å². The van der Waals surface area contributed by atoms with Crippen molar-refractivity contribution in [1.82, 2.24) is 10.6 Å². The molecule has 1 atom stereocenters. The molecule has 0 bridgehead atoms. The van der Waals surface area contributed by atoms with E-state index in [9.17, 15) is 14.4 Å². The number of fused-ring (bicyclic) bond motifs is 1. The lowest BCUT2D eigenvalue weighted by atomic mass is 9.93. The number of carbonyl (C=O) groups excluding carboxylic acids is 3. The fourth-order valence-corrected chi connectivity index (χ4v) is 1.32. The van der Waals surface area contributed by atoms with Gasteiger partial charge in [0, 0.05) is 5.70 Å². The van der Waals surface area contributed by atoms with E-state index >= 15 is 0 Å². The lowest BCUT2D eigenvalue weighted by Crippen LogP contribution is -2.53. The Labute approximate surface area is 73.5 Å². The predicted octanol–water partition coefficient (Wildman–Crippen LogP) is -0.535. The lowest BCUT2D eigenvalue weighted by molar-refractivity contribution is -0.130. The van der Waals surface area contributed by atoms with E-state index < -0.39 is 17.9 Å². The smallest absolute Gasteiger partial charge is 0.310 e. The van der Waals surface area contributed by atoms with Gasteiger partial charge in [-0.05, 0) is 12.2 Å². The summed E-state index contributed by atoms with van der Waals surface area (Å²) < 4.78 is 0. The molecule has 2 aliphatic rings. The van der Waals surface area contributed by atoms with E-state index in [1.54, 1.807) is 6.08 Å². The summed E-state index contributed by atoms with van der Waals surface area (Å²) in [7, 11) is 0. The van der Waals surface area contributed by atoms with Gasteiger partial charge in [0.15, 0.2) is 5.78 Å². The Morgan fingerprint density at radius 2 is 1.92 bits per heavy atom. The highest BCUT2D eigenvalue weighted by atomic mass is 16.2. The van der Waals surface area contributed by atoms with E-state index in [0.29, 0.717) is 5.70 Å². The van der Waals surface area contributed by atoms with E-state index in [0.717, 1.165) is 0 Å². The van der Waals surface area contributed by atoms with Crippen LogP contribution >= 0.6 is 0 Å². The monoisotopic (exact) mass is 178 g/mol. The molecule has 1 fully saturated rings. The third-order valence-electron chi connectivity index (χ3n) is 1.89. The first-order chi connectivity index (χ1) is 6.18. The number of nitrogens with one attached hydrogen (secondary N) is 2. The molecule has 1 saturated heterocycles. The van der Waals surface area contributed by atoms with Crippen molar-refractivity contribution in [3.05, 3.63) is 23.9 Å². The fourth-order valence-electron chi connectivity index (χ4n) is 1.32. The number of urea groups is 1. The van der Waals surface area contributed by atoms with Gasteiger partial charge in [-0.25, -0.2) is 4.79 Å². The second-order valence-corrected chi connectivity index (χ2v) is 2.76. The zero-order valence-electron chi connectivity index (χ0n) is 6.53. The summed E-state index contributed by atoms with van der Waals surface area (Å²) in [4.78, 5) is 33.2. The number of hydrogen-bond acceptors (Lipinski definition) is 3. The molecule has 0 aromatic rings. The van der Waals surface area contributed by atoms with Crippen LogP contribution in [-0.2, 0) is 9.59 Å². The van der Waals surface area contributed by atoms with E-state index in [1.807, 2.05) is 5.32 Å². The standard InChI is InChI=1S/C8H6N2O3/c11-5-3-1-2-4-6(5)7(12)10-8(13)9-4/h1-3,6H,(H2,9,10,12,13). The van der Waals surface area contributed by atoms with Crippen LogP contribution in [0.2, 0.25) is 0 Å². The van der Waals surface area contributed by atoms with Crippen molar-refractivity contribution in [2.75, 3.05) is 0 Å². The highest BCUT2D eigenvalue weighted by Crippen LogP contribution is 2.17. The molecule has 0 aromatic carbocycles. The number of allylic oxidation sites excluding steroid dienone is 3. The Bertz CT molecular complexity index is 368. The first-order valence-corrected chi connectivity index (χ1v) is 3.72. The third-order valence-corrected chi connectivity index (χ3v) is 1.89. The molecular formula is C8H6N2O3. The van der Waals surface area contributed by atoms with Gasteiger partial charge < -0.3 is 5.32 Å². The van der Waals surface area contributed by atoms with Gasteiger partial charge in [-0.15, -0.1) is 0 Å². The van der Waals surface area contributed by atoms with Gasteiger partial charge in [-0.3, -0.25) is 14.9 Å². The van der Waals surface area contributed by atoms with Crippen LogP contribution in [0.3, 0.4) is 0 Å². The fraction of sp³-hybridized carbons (Fsp3) is 0.125. The minimum Gasteiger partial charge on any atom is -0.310 e. The second-order valence-electron chi connectivity index (χ2n) is 2.76. The van der Waals surface area contributed by atoms with E-state index in [2.05, 4.69) is 5.32 Å². The van der Waals surface area contributed by atoms with Gasteiger partial charge in [0.05, 0.1) is 0 Å². The molecule has 0 aromatic heterocycles. The zero-order chi connectivity index (χ0) is 9.42. The number of amides is 3. The normalized spacial score (nSPS) is 26.0. The molecule has 2 N–H and O–H groups in total. The number of imide groups is 1. The Balaban J connectivity index is 2.39. The molecule has 1 aliphatic heterocycles. The number of carbonyl (C=O) groups is 3. The minimum absolute atomic E-state index is 0.310. The summed E-state index contributed by atoms with van der Waals surface area (Å²) in [6.07, 6.45) is 4.36. The molecule has 1 aliphatic carbocycles. The first-order valence-electron chi connectivity index (χ1n) is 3.72. The molecule has 13 heavy (non-hydrogen) atoms. The molecule has 0 radical (unpaired) electrons. The summed E-state index contributed by atoms with van der Waals surface area (Å²) in [6, 6.07) is -0.587. The summed E-state index contributed by atoms with van der Waals surface area (Å²) >= 11 is 0. The maximum Gasteiger partial charge on any atom is 0.325 e. The maximum atomic E-state index is 11.2. The van der Waals surface area contributed by atoms with Crippen LogP contribution in [0.4, 0.5) is 4.79 Å². The molecule has 0 spiro atoms. The van der Waals surface area contributed by atoms with Crippen molar-refractivity contribution >= 4 is 17.7 Å². The van der Waals surface area contributed by atoms with Gasteiger partial charge in [0.25, 0.3) is 0 Å². The number of ketones is 1. The van der Waals surface area contributed by atoms with E-state index in [1.165, 1.54) is 12.2 Å². The summed E-state index contributed by atoms with van der Waals surface area (Å²) in [6.45, 7) is 0. The van der Waals surface area contributed by atoms with E-state index in [-0.39, 0.29) is 5.78 Å². The lowest BCUT2D eigenvalue weighted by Gasteiger charge is -2.24. The number of hydrogen-bond donors (Lipinski definition) is 2. The molecule has 5 nitrogen and oxygen atoms in total. The highest BCUT2D eigenvalue weighted by molar-refractivity contribution is 6.16. The summed E-state index contributed by atoms with van der Waals surface area (Å²) in [5, 5.41) is 4.42. The molecule has 0 saturated carbocycles. The van der Waals surface area contributed by atoms with Gasteiger partial charge >= 0.3 is 6.03 Å². The van der Waals surface area contributed by atoms with Crippen LogP contribution in [0.15, 0.2) is 23.9 Å². The van der Waals surface area contributed by atoms with Crippen molar-refractivity contribution < 1.29 is 14.4 Å². The van der Waals surface area contributed by atoms with Crippen LogP contribution in [0.1, 0.15) is 0 Å². The number of rotatable bonds is 0. The van der Waals surface area contributed by atoms with Gasteiger partial charge in [0.2, 0.25) is 5.91 Å². The quantitative estimate of drug-likeness (QED) is 0.489. The Kier molecular flexibility index (Phi) is 1.51. The Hall–Kier alpha value is -1.91. The SMILES string of the molecule is O=C1NC(=O)C2C(=O)C=CC=C2N1. The zero-order valence-corrected chi connectivity index (χ0v) is 6.53. The van der Waals surface area contributed by atoms with Crippen molar-refractivity contribution in [2.45, 2.75) is 0 Å². The van der Waals surface area contributed by atoms with Crippen molar-refractivity contribution in [3.63, 3.8) is 0 Å². The molecule has 5 heteroatoms. The third kappa shape index (κ3) is 1.14. The molecule has 3 amide bonds. The maximum absolute atomic E-state index is 11.2. The van der Waals surface area contributed by atoms with E-state index in [4.69, 9.17) is 0 Å². The van der Waals surface area contributed by atoms with Crippen LogP contribution in [-0.4, -0.2) is 17.7 Å². The average molecular weight is 178 g/mol. The van der Waals surface area contributed by atoms with Crippen LogP contribution in [0, 0.1) is 5.92 Å². The average Bonchev–Trinajstić information content (AvgIpc) is 2.02. The van der Waals surface area contributed by atoms with Gasteiger partial charge in [0.1, 0.15) is 5.92 Å². The van der Waals surface area contributed by atoms with Crippen LogP contribution in [0.5, 0.6) is 0 Å². The van der Waals surface area contributed by atoms with Crippen molar-refractivity contribution in [2.24, 2.45) is 5.92 Å². The molecular weight excluding hydrogens is 172 g/mol. The Morgan fingerprint density at radius 1 is 1.15 bits per heavy atom. The second kappa shape index (κ2) is 2.55. The molecule has 66 valence electrons. The molecule has 1 unspecified atom stereocenters. The topological polar surface area (TPSA) is 75.3 Å². The summed E-state index contributed by atoms with van der Waals surface area (Å²) in [5.74, 6) is -1.75. The van der Waals surface area contributed by atoms with Crippen molar-refractivity contribution in [3.8, 4) is 0 Å². The molecule has 2 rings (SSSR count). The van der Waals surface area contributed by atoms with Gasteiger partial charge in [-0.1, -0.05) is 6.08 Å². The first kappa shape index (κ1) is 7.72. The van der Waals surface area contributed by atoms with Crippen LogP contribution in [0.25, 0.3) is 0 Å². The predicted molar refractivity (Wildman–Crippen MR) is 42.4 cm³/mol.